The molecule has 0 bridgehead atoms. The summed E-state index contributed by atoms with van der Waals surface area (Å²) in [6, 6.07) is 12.9. The lowest BCUT2D eigenvalue weighted by Crippen LogP contribution is -2.35. The normalized spacial score (nSPS) is 10.2. The fourth-order valence-corrected chi connectivity index (χ4v) is 2.79. The Bertz CT molecular complexity index is 760. The molecule has 0 unspecified atom stereocenters. The zero-order chi connectivity index (χ0) is 18.4. The number of nitrogens with one attached hydrogen (secondary N) is 1. The van der Waals surface area contributed by atoms with Gasteiger partial charge in [0.25, 0.3) is 0 Å². The fraction of sp³-hybridized carbons (Fsp3) is 0.263. The minimum Gasteiger partial charge on any atom is -0.497 e. The van der Waals surface area contributed by atoms with Gasteiger partial charge >= 0.3 is 0 Å². The van der Waals surface area contributed by atoms with Gasteiger partial charge in [-0.05, 0) is 48.4 Å². The van der Waals surface area contributed by atoms with Crippen LogP contribution in [0.15, 0.2) is 46.9 Å². The summed E-state index contributed by atoms with van der Waals surface area (Å²) < 4.78 is 6.05. The summed E-state index contributed by atoms with van der Waals surface area (Å²) >= 11 is 3.39. The Labute approximate surface area is 156 Å². The van der Waals surface area contributed by atoms with E-state index in [1.807, 2.05) is 49.4 Å². The highest BCUT2D eigenvalue weighted by Gasteiger charge is 2.14. The van der Waals surface area contributed by atoms with Crippen LogP contribution in [0.5, 0.6) is 5.75 Å². The number of rotatable bonds is 6. The maximum Gasteiger partial charge on any atom is 0.243 e. The summed E-state index contributed by atoms with van der Waals surface area (Å²) in [6.07, 6.45) is 0.241. The van der Waals surface area contributed by atoms with Gasteiger partial charge in [0.15, 0.2) is 0 Å². The molecule has 2 rings (SSSR count). The van der Waals surface area contributed by atoms with Gasteiger partial charge in [0.2, 0.25) is 11.8 Å². The SMILES string of the molecule is COc1ccc(CC(=O)N(C)CC(=O)Nc2ccc(Br)cc2C)cc1. The third-order valence-corrected chi connectivity index (χ3v) is 4.28. The number of halogens is 1. The van der Waals surface area contributed by atoms with Crippen molar-refractivity contribution in [3.05, 3.63) is 58.1 Å². The number of aryl methyl sites for hydroxylation is 1. The van der Waals surface area contributed by atoms with E-state index >= 15 is 0 Å². The molecular formula is C19H21BrN2O3. The fourth-order valence-electron chi connectivity index (χ4n) is 2.31. The number of anilines is 1. The molecule has 0 saturated heterocycles. The highest BCUT2D eigenvalue weighted by Crippen LogP contribution is 2.20. The van der Waals surface area contributed by atoms with Gasteiger partial charge in [-0.2, -0.15) is 0 Å². The van der Waals surface area contributed by atoms with E-state index in [0.717, 1.165) is 27.0 Å². The van der Waals surface area contributed by atoms with E-state index in [4.69, 9.17) is 4.74 Å². The van der Waals surface area contributed by atoms with Crippen molar-refractivity contribution in [1.29, 1.82) is 0 Å². The lowest BCUT2D eigenvalue weighted by molar-refractivity contribution is -0.132. The molecule has 0 aromatic heterocycles. The molecule has 0 atom stereocenters. The zero-order valence-electron chi connectivity index (χ0n) is 14.5. The Morgan fingerprint density at radius 1 is 1.16 bits per heavy atom. The molecule has 25 heavy (non-hydrogen) atoms. The molecule has 0 aliphatic carbocycles. The molecule has 0 aliphatic heterocycles. The molecule has 6 heteroatoms. The Balaban J connectivity index is 1.89. The lowest BCUT2D eigenvalue weighted by Gasteiger charge is -2.17. The molecule has 0 aliphatic rings. The molecule has 2 aromatic rings. The van der Waals surface area contributed by atoms with Crippen LogP contribution >= 0.6 is 15.9 Å². The van der Waals surface area contributed by atoms with Crippen LogP contribution in [-0.4, -0.2) is 37.4 Å². The van der Waals surface area contributed by atoms with E-state index < -0.39 is 0 Å². The summed E-state index contributed by atoms with van der Waals surface area (Å²) in [6.45, 7) is 1.92. The van der Waals surface area contributed by atoms with Crippen LogP contribution in [0.25, 0.3) is 0 Å². The average molecular weight is 405 g/mol. The van der Waals surface area contributed by atoms with Crippen molar-refractivity contribution in [1.82, 2.24) is 4.90 Å². The molecule has 132 valence electrons. The number of benzene rings is 2. The number of nitrogens with zero attached hydrogens (tertiary/aromatic N) is 1. The maximum absolute atomic E-state index is 12.3. The molecule has 1 N–H and O–H groups in total. The number of methoxy groups -OCH3 is 1. The van der Waals surface area contributed by atoms with Crippen LogP contribution in [-0.2, 0) is 16.0 Å². The zero-order valence-corrected chi connectivity index (χ0v) is 16.1. The monoisotopic (exact) mass is 404 g/mol. The Morgan fingerprint density at radius 2 is 1.84 bits per heavy atom. The van der Waals surface area contributed by atoms with Crippen LogP contribution in [0.1, 0.15) is 11.1 Å². The average Bonchev–Trinajstić information content (AvgIpc) is 2.58. The highest BCUT2D eigenvalue weighted by molar-refractivity contribution is 9.10. The Hall–Kier alpha value is -2.34. The molecule has 5 nitrogen and oxygen atoms in total. The molecule has 2 amide bonds. The van der Waals surface area contributed by atoms with Crippen LogP contribution in [0.3, 0.4) is 0 Å². The van der Waals surface area contributed by atoms with Crippen molar-refractivity contribution >= 4 is 33.4 Å². The molecule has 0 fully saturated rings. The van der Waals surface area contributed by atoms with Crippen LogP contribution < -0.4 is 10.1 Å². The van der Waals surface area contributed by atoms with Gasteiger partial charge in [-0.1, -0.05) is 28.1 Å². The van der Waals surface area contributed by atoms with E-state index in [-0.39, 0.29) is 24.8 Å². The number of likely N-dealkylation sites (N-methyl/N-ethyl adjacent to an activating group) is 1. The first-order valence-corrected chi connectivity index (χ1v) is 8.61. The second-order valence-electron chi connectivity index (χ2n) is 5.78. The highest BCUT2D eigenvalue weighted by atomic mass is 79.9. The second kappa shape index (κ2) is 8.67. The number of hydrogen-bond acceptors (Lipinski definition) is 3. The summed E-state index contributed by atoms with van der Waals surface area (Å²) in [5.41, 5.74) is 2.57. The first-order chi connectivity index (χ1) is 11.9. The number of carbonyl (C=O) groups excluding carboxylic acids is 2. The minimum absolute atomic E-state index is 0.00446. The molecule has 0 heterocycles. The Kier molecular flexibility index (Phi) is 6.58. The van der Waals surface area contributed by atoms with Gasteiger partial charge in [0.05, 0.1) is 20.1 Å². The third-order valence-electron chi connectivity index (χ3n) is 3.78. The summed E-state index contributed by atoms with van der Waals surface area (Å²) in [4.78, 5) is 25.9. The number of hydrogen-bond donors (Lipinski definition) is 1. The third kappa shape index (κ3) is 5.60. The van der Waals surface area contributed by atoms with E-state index in [2.05, 4.69) is 21.2 Å². The first kappa shape index (κ1) is 19.0. The molecule has 0 radical (unpaired) electrons. The Morgan fingerprint density at radius 3 is 2.44 bits per heavy atom. The van der Waals surface area contributed by atoms with Gasteiger partial charge < -0.3 is 15.0 Å². The predicted octanol–water partition coefficient (Wildman–Crippen LogP) is 3.41. The molecular weight excluding hydrogens is 384 g/mol. The topological polar surface area (TPSA) is 58.6 Å². The largest absolute Gasteiger partial charge is 0.497 e. The van der Waals surface area contributed by atoms with Crippen LogP contribution in [0.4, 0.5) is 5.69 Å². The van der Waals surface area contributed by atoms with Gasteiger partial charge in [0, 0.05) is 17.2 Å². The van der Waals surface area contributed by atoms with E-state index in [9.17, 15) is 9.59 Å². The smallest absolute Gasteiger partial charge is 0.243 e. The summed E-state index contributed by atoms with van der Waals surface area (Å²) in [5.74, 6) is 0.401. The predicted molar refractivity (Wildman–Crippen MR) is 102 cm³/mol. The quantitative estimate of drug-likeness (QED) is 0.802. The van der Waals surface area contributed by atoms with Gasteiger partial charge in [-0.3, -0.25) is 9.59 Å². The van der Waals surface area contributed by atoms with Crippen molar-refractivity contribution in [3.63, 3.8) is 0 Å². The summed E-state index contributed by atoms with van der Waals surface area (Å²) in [7, 11) is 3.22. The number of amides is 2. The molecule has 0 spiro atoms. The van der Waals surface area contributed by atoms with Crippen molar-refractivity contribution in [3.8, 4) is 5.75 Å². The summed E-state index contributed by atoms with van der Waals surface area (Å²) in [5, 5.41) is 2.83. The van der Waals surface area contributed by atoms with Gasteiger partial charge in [0.1, 0.15) is 5.75 Å². The second-order valence-corrected chi connectivity index (χ2v) is 6.70. The van der Waals surface area contributed by atoms with E-state index in [0.29, 0.717) is 0 Å². The van der Waals surface area contributed by atoms with Crippen LogP contribution in [0, 0.1) is 6.92 Å². The maximum atomic E-state index is 12.3. The van der Waals surface area contributed by atoms with E-state index in [1.54, 1.807) is 14.2 Å². The minimum atomic E-state index is -0.226. The molecule has 2 aromatic carbocycles. The van der Waals surface area contributed by atoms with Gasteiger partial charge in [-0.15, -0.1) is 0 Å². The van der Waals surface area contributed by atoms with Crippen LogP contribution in [0.2, 0.25) is 0 Å². The number of carbonyl (C=O) groups is 2. The van der Waals surface area contributed by atoms with Crippen molar-refractivity contribution in [2.45, 2.75) is 13.3 Å². The van der Waals surface area contributed by atoms with Crippen molar-refractivity contribution in [2.75, 3.05) is 26.0 Å². The van der Waals surface area contributed by atoms with Gasteiger partial charge in [-0.25, -0.2) is 0 Å². The lowest BCUT2D eigenvalue weighted by atomic mass is 10.1. The van der Waals surface area contributed by atoms with Crippen molar-refractivity contribution < 1.29 is 14.3 Å². The standard InChI is InChI=1S/C19H21BrN2O3/c1-13-10-15(20)6-9-17(13)21-18(23)12-22(2)19(24)11-14-4-7-16(25-3)8-5-14/h4-10H,11-12H2,1-3H3,(H,21,23). The molecule has 0 saturated carbocycles. The van der Waals surface area contributed by atoms with Crippen molar-refractivity contribution in [2.24, 2.45) is 0 Å². The van der Waals surface area contributed by atoms with E-state index in [1.165, 1.54) is 4.90 Å². The first-order valence-electron chi connectivity index (χ1n) is 7.82. The number of ether oxygens (including phenoxy) is 1.